The molecule has 1 aromatic carbocycles. The maximum atomic E-state index is 13.1. The molecule has 0 saturated heterocycles. The average molecular weight is 549 g/mol. The van der Waals surface area contributed by atoms with Gasteiger partial charge in [0, 0.05) is 29.7 Å². The Hall–Kier alpha value is -2.16. The highest BCUT2D eigenvalue weighted by molar-refractivity contribution is 5.82. The fourth-order valence-electron chi connectivity index (χ4n) is 4.11. The number of amides is 1. The van der Waals surface area contributed by atoms with E-state index in [9.17, 15) is 9.59 Å². The molecule has 39 heavy (non-hydrogen) atoms. The van der Waals surface area contributed by atoms with Gasteiger partial charge in [-0.3, -0.25) is 14.9 Å². The Bertz CT molecular complexity index is 851. The summed E-state index contributed by atoms with van der Waals surface area (Å²) in [5.74, 6) is 0.582. The van der Waals surface area contributed by atoms with E-state index in [4.69, 9.17) is 9.47 Å². The van der Waals surface area contributed by atoms with Gasteiger partial charge in [-0.2, -0.15) is 0 Å². The summed E-state index contributed by atoms with van der Waals surface area (Å²) in [6, 6.07) is 7.26. The number of carbonyl (C=O) groups excluding carboxylic acids is 2. The summed E-state index contributed by atoms with van der Waals surface area (Å²) >= 11 is 0. The van der Waals surface area contributed by atoms with Crippen molar-refractivity contribution in [2.45, 2.75) is 124 Å². The lowest BCUT2D eigenvalue weighted by Crippen LogP contribution is -2.52. The van der Waals surface area contributed by atoms with Crippen molar-refractivity contribution >= 4 is 11.9 Å². The Balaban J connectivity index is 2.61. The van der Waals surface area contributed by atoms with Crippen LogP contribution < -0.4 is 26.0 Å². The monoisotopic (exact) mass is 548 g/mol. The van der Waals surface area contributed by atoms with E-state index in [2.05, 4.69) is 62.8 Å². The van der Waals surface area contributed by atoms with E-state index in [0.29, 0.717) is 32.6 Å². The van der Waals surface area contributed by atoms with Crippen LogP contribution in [0, 0.1) is 0 Å². The molecule has 1 amide bonds. The van der Waals surface area contributed by atoms with E-state index >= 15 is 0 Å². The summed E-state index contributed by atoms with van der Waals surface area (Å²) in [7, 11) is 0. The Morgan fingerprint density at radius 1 is 0.795 bits per heavy atom. The number of hydrogen-bond donors (Lipinski definition) is 4. The highest BCUT2D eigenvalue weighted by atomic mass is 16.5. The van der Waals surface area contributed by atoms with Crippen LogP contribution in [0.25, 0.3) is 0 Å². The zero-order valence-electron chi connectivity index (χ0n) is 26.3. The van der Waals surface area contributed by atoms with Crippen LogP contribution in [0.3, 0.4) is 0 Å². The SMILES string of the molecule is CCOC(=O)[C@H](CCCCNC(=O)[C@H](Cc1ccc(OCCNC(C)(C)C)cc1)NC(C)(C)C)NC(C)(C)C. The maximum absolute atomic E-state index is 13.1. The molecule has 0 aliphatic heterocycles. The molecule has 1 aromatic rings. The third-order valence-electron chi connectivity index (χ3n) is 5.71. The van der Waals surface area contributed by atoms with Crippen LogP contribution in [0.2, 0.25) is 0 Å². The van der Waals surface area contributed by atoms with E-state index in [0.717, 1.165) is 30.7 Å². The summed E-state index contributed by atoms with van der Waals surface area (Å²) in [6.07, 6.45) is 2.83. The Morgan fingerprint density at radius 3 is 1.92 bits per heavy atom. The Labute approximate surface area is 237 Å². The van der Waals surface area contributed by atoms with Crippen LogP contribution in [-0.4, -0.2) is 66.9 Å². The first-order valence-corrected chi connectivity index (χ1v) is 14.5. The van der Waals surface area contributed by atoms with Crippen molar-refractivity contribution in [3.05, 3.63) is 29.8 Å². The van der Waals surface area contributed by atoms with Crippen molar-refractivity contribution in [3.63, 3.8) is 0 Å². The number of carbonyl (C=O) groups is 2. The van der Waals surface area contributed by atoms with Gasteiger partial charge >= 0.3 is 5.97 Å². The van der Waals surface area contributed by atoms with Crippen molar-refractivity contribution in [3.8, 4) is 5.75 Å². The van der Waals surface area contributed by atoms with Gasteiger partial charge < -0.3 is 25.4 Å². The molecule has 8 heteroatoms. The number of ether oxygens (including phenoxy) is 2. The molecule has 4 N–H and O–H groups in total. The maximum Gasteiger partial charge on any atom is 0.323 e. The van der Waals surface area contributed by atoms with Crippen LogP contribution in [0.4, 0.5) is 0 Å². The van der Waals surface area contributed by atoms with Crippen molar-refractivity contribution in [2.75, 3.05) is 26.3 Å². The molecule has 224 valence electrons. The highest BCUT2D eigenvalue weighted by Gasteiger charge is 2.26. The molecule has 0 bridgehead atoms. The lowest BCUT2D eigenvalue weighted by Gasteiger charge is -2.28. The average Bonchev–Trinajstić information content (AvgIpc) is 2.79. The van der Waals surface area contributed by atoms with E-state index < -0.39 is 0 Å². The van der Waals surface area contributed by atoms with Gasteiger partial charge in [-0.1, -0.05) is 12.1 Å². The van der Waals surface area contributed by atoms with E-state index in [1.807, 2.05) is 52.0 Å². The number of esters is 1. The number of hydrogen-bond acceptors (Lipinski definition) is 7. The molecule has 0 spiro atoms. The molecule has 0 fully saturated rings. The van der Waals surface area contributed by atoms with Gasteiger partial charge in [0.05, 0.1) is 12.6 Å². The second kappa shape index (κ2) is 16.2. The minimum atomic E-state index is -0.359. The molecule has 0 saturated carbocycles. The van der Waals surface area contributed by atoms with Gasteiger partial charge in [0.25, 0.3) is 0 Å². The minimum Gasteiger partial charge on any atom is -0.492 e. The van der Waals surface area contributed by atoms with Crippen LogP contribution in [-0.2, 0) is 20.7 Å². The predicted octanol–water partition coefficient (Wildman–Crippen LogP) is 4.36. The molecule has 0 aromatic heterocycles. The van der Waals surface area contributed by atoms with Gasteiger partial charge in [-0.15, -0.1) is 0 Å². The standard InChI is InChI=1S/C31H56N4O4/c1-11-38-28(37)25(34-30(5,6)7)14-12-13-19-32-27(36)26(35-31(8,9)10)22-23-15-17-24(18-16-23)39-21-20-33-29(2,3)4/h15-18,25-26,33-35H,11-14,19-22H2,1-10H3,(H,32,36)/t25-,26-/m0/s1. The number of benzene rings is 1. The quantitative estimate of drug-likeness (QED) is 0.180. The van der Waals surface area contributed by atoms with Crippen molar-refractivity contribution in [2.24, 2.45) is 0 Å². The fraction of sp³-hybridized carbons (Fsp3) is 0.742. The smallest absolute Gasteiger partial charge is 0.323 e. The molecular formula is C31H56N4O4. The normalized spacial score (nSPS) is 14.0. The molecule has 0 aliphatic carbocycles. The summed E-state index contributed by atoms with van der Waals surface area (Å²) < 4.78 is 11.1. The molecular weight excluding hydrogens is 492 g/mol. The summed E-state index contributed by atoms with van der Waals surface area (Å²) in [5, 5.41) is 13.3. The topological polar surface area (TPSA) is 101 Å². The number of nitrogens with one attached hydrogen (secondary N) is 4. The lowest BCUT2D eigenvalue weighted by molar-refractivity contribution is -0.146. The van der Waals surface area contributed by atoms with Crippen molar-refractivity contribution in [1.29, 1.82) is 0 Å². The van der Waals surface area contributed by atoms with Gasteiger partial charge in [0.2, 0.25) is 5.91 Å². The van der Waals surface area contributed by atoms with Gasteiger partial charge in [-0.05, 0) is 113 Å². The van der Waals surface area contributed by atoms with Crippen LogP contribution in [0.15, 0.2) is 24.3 Å². The molecule has 1 rings (SSSR count). The Kier molecular flexibility index (Phi) is 14.5. The third-order valence-corrected chi connectivity index (χ3v) is 5.71. The van der Waals surface area contributed by atoms with E-state index in [-0.39, 0.29) is 40.6 Å². The summed E-state index contributed by atoms with van der Waals surface area (Å²) in [4.78, 5) is 25.5. The molecule has 0 radical (unpaired) electrons. The van der Waals surface area contributed by atoms with Crippen LogP contribution in [0.5, 0.6) is 5.75 Å². The number of rotatable bonds is 16. The predicted molar refractivity (Wildman–Crippen MR) is 160 cm³/mol. The van der Waals surface area contributed by atoms with Crippen LogP contribution >= 0.6 is 0 Å². The number of unbranched alkanes of at least 4 members (excludes halogenated alkanes) is 1. The van der Waals surface area contributed by atoms with Gasteiger partial charge in [0.15, 0.2) is 0 Å². The fourth-order valence-corrected chi connectivity index (χ4v) is 4.11. The Morgan fingerprint density at radius 2 is 1.38 bits per heavy atom. The highest BCUT2D eigenvalue weighted by Crippen LogP contribution is 2.15. The molecule has 0 unspecified atom stereocenters. The third kappa shape index (κ3) is 17.2. The largest absolute Gasteiger partial charge is 0.492 e. The second-order valence-electron chi connectivity index (χ2n) is 13.3. The van der Waals surface area contributed by atoms with E-state index in [1.165, 1.54) is 0 Å². The first kappa shape index (κ1) is 34.9. The van der Waals surface area contributed by atoms with Gasteiger partial charge in [-0.25, -0.2) is 0 Å². The molecule has 0 heterocycles. The summed E-state index contributed by atoms with van der Waals surface area (Å²) in [6.45, 7) is 22.8. The summed E-state index contributed by atoms with van der Waals surface area (Å²) in [5.41, 5.74) is 0.733. The van der Waals surface area contributed by atoms with Gasteiger partial charge in [0.1, 0.15) is 18.4 Å². The second-order valence-corrected chi connectivity index (χ2v) is 13.3. The first-order chi connectivity index (χ1) is 18.0. The zero-order valence-corrected chi connectivity index (χ0v) is 26.3. The van der Waals surface area contributed by atoms with Crippen molar-refractivity contribution in [1.82, 2.24) is 21.3 Å². The van der Waals surface area contributed by atoms with E-state index in [1.54, 1.807) is 0 Å². The molecule has 0 aliphatic rings. The molecule has 2 atom stereocenters. The lowest BCUT2D eigenvalue weighted by atomic mass is 10.0. The van der Waals surface area contributed by atoms with Crippen molar-refractivity contribution < 1.29 is 19.1 Å². The van der Waals surface area contributed by atoms with Crippen LogP contribution in [0.1, 0.15) is 94.1 Å². The first-order valence-electron chi connectivity index (χ1n) is 14.5. The molecule has 8 nitrogen and oxygen atoms in total. The minimum absolute atomic E-state index is 0.0201. The zero-order chi connectivity index (χ0) is 29.7.